The van der Waals surface area contributed by atoms with Gasteiger partial charge in [-0.2, -0.15) is 0 Å². The van der Waals surface area contributed by atoms with Crippen LogP contribution in [-0.4, -0.2) is 34.2 Å². The molecule has 0 bridgehead atoms. The number of hydrogen-bond donors (Lipinski definition) is 1. The van der Waals surface area contributed by atoms with E-state index >= 15 is 0 Å². The molecule has 5 nitrogen and oxygen atoms in total. The minimum Gasteiger partial charge on any atom is -0.361 e. The van der Waals surface area contributed by atoms with Crippen molar-refractivity contribution in [3.05, 3.63) is 33.7 Å². The molecule has 3 heterocycles. The van der Waals surface area contributed by atoms with E-state index in [4.69, 9.17) is 4.74 Å². The van der Waals surface area contributed by atoms with Crippen LogP contribution in [0, 0.1) is 0 Å². The van der Waals surface area contributed by atoms with Crippen LogP contribution in [0.1, 0.15) is 0 Å². The predicted octanol–water partition coefficient (Wildman–Crippen LogP) is 5.26. The van der Waals surface area contributed by atoms with Crippen LogP contribution >= 0.6 is 31.9 Å². The molecule has 3 aromatic heterocycles. The highest BCUT2D eigenvalue weighted by molar-refractivity contribution is 9.13. The molecule has 0 aliphatic heterocycles. The van der Waals surface area contributed by atoms with Gasteiger partial charge in [-0.25, -0.2) is 4.98 Å². The molecule has 0 spiro atoms. The van der Waals surface area contributed by atoms with Gasteiger partial charge in [-0.1, -0.05) is 19.6 Å². The summed E-state index contributed by atoms with van der Waals surface area (Å²) in [6.45, 7) is 8.32. The predicted molar refractivity (Wildman–Crippen MR) is 107 cm³/mol. The molecule has 128 valence electrons. The summed E-state index contributed by atoms with van der Waals surface area (Å²) in [6.07, 6.45) is 3.48. The molecule has 0 amide bonds. The van der Waals surface area contributed by atoms with Gasteiger partial charge in [0.1, 0.15) is 22.5 Å². The molecule has 3 rings (SSSR count). The number of halogens is 2. The molecule has 0 atom stereocenters. The van der Waals surface area contributed by atoms with Crippen LogP contribution in [0.4, 0.5) is 0 Å². The van der Waals surface area contributed by atoms with E-state index in [9.17, 15) is 0 Å². The first-order valence-electron chi connectivity index (χ1n) is 7.77. The number of H-pyrrole nitrogens is 1. The van der Waals surface area contributed by atoms with E-state index in [1.165, 1.54) is 0 Å². The van der Waals surface area contributed by atoms with Gasteiger partial charge in [0.2, 0.25) is 0 Å². The van der Waals surface area contributed by atoms with E-state index in [0.717, 1.165) is 44.1 Å². The van der Waals surface area contributed by atoms with Crippen LogP contribution in [0.15, 0.2) is 33.7 Å². The number of nitrogens with one attached hydrogen (secondary N) is 1. The summed E-state index contributed by atoms with van der Waals surface area (Å²) >= 11 is 7.22. The third-order valence-corrected chi connectivity index (χ3v) is 7.48. The average Bonchev–Trinajstić information content (AvgIpc) is 3.09. The van der Waals surface area contributed by atoms with Gasteiger partial charge >= 0.3 is 0 Å². The zero-order valence-corrected chi connectivity index (χ0v) is 18.1. The number of aromatic nitrogens is 4. The highest BCUT2D eigenvalue weighted by atomic mass is 79.9. The maximum atomic E-state index is 5.94. The molecule has 0 saturated heterocycles. The molecule has 1 N–H and O–H groups in total. The number of pyridine rings is 1. The second-order valence-electron chi connectivity index (χ2n) is 6.90. The summed E-state index contributed by atoms with van der Waals surface area (Å²) in [6, 6.07) is 5.12. The summed E-state index contributed by atoms with van der Waals surface area (Å²) in [5.74, 6) is 0. The van der Waals surface area contributed by atoms with Crippen molar-refractivity contribution in [3.8, 4) is 11.4 Å². The molecule has 0 unspecified atom stereocenters. The lowest BCUT2D eigenvalue weighted by Gasteiger charge is -2.17. The van der Waals surface area contributed by atoms with Crippen molar-refractivity contribution in [2.75, 3.05) is 6.61 Å². The topological polar surface area (TPSA) is 55.7 Å². The Balaban J connectivity index is 1.89. The first-order valence-corrected chi connectivity index (χ1v) is 13.1. The number of aromatic amines is 1. The van der Waals surface area contributed by atoms with Gasteiger partial charge < -0.3 is 14.3 Å². The van der Waals surface area contributed by atoms with E-state index in [-0.39, 0.29) is 0 Å². The molecular formula is C16H20Br2N4OSi. The highest BCUT2D eigenvalue weighted by Gasteiger charge is 2.18. The fourth-order valence-corrected chi connectivity index (χ4v) is 4.00. The third-order valence-electron chi connectivity index (χ3n) is 3.79. The fourth-order valence-electron chi connectivity index (χ4n) is 2.40. The molecule has 3 aromatic rings. The van der Waals surface area contributed by atoms with E-state index in [1.807, 2.05) is 12.1 Å². The molecule has 0 aromatic carbocycles. The Bertz CT molecular complexity index is 853. The maximum absolute atomic E-state index is 5.94. The lowest BCUT2D eigenvalue weighted by molar-refractivity contribution is 0.0870. The molecule has 0 aliphatic rings. The fraction of sp³-hybridized carbons (Fsp3) is 0.375. The van der Waals surface area contributed by atoms with Crippen LogP contribution in [0.25, 0.3) is 22.4 Å². The summed E-state index contributed by atoms with van der Waals surface area (Å²) in [7, 11) is -1.09. The first kappa shape index (κ1) is 17.8. The lowest BCUT2D eigenvalue weighted by Crippen LogP contribution is -2.22. The third kappa shape index (κ3) is 3.82. The zero-order valence-electron chi connectivity index (χ0n) is 13.9. The number of rotatable bonds is 6. The SMILES string of the molecule is C[Si](C)(C)CCOCn1c(-c2nccc3[nH]cnc23)cc(Br)c1Br. The van der Waals surface area contributed by atoms with Crippen molar-refractivity contribution in [1.29, 1.82) is 0 Å². The second-order valence-corrected chi connectivity index (χ2v) is 14.1. The molecule has 0 saturated carbocycles. The Labute approximate surface area is 159 Å². The van der Waals surface area contributed by atoms with Crippen LogP contribution < -0.4 is 0 Å². The Morgan fingerprint density at radius 2 is 2.04 bits per heavy atom. The van der Waals surface area contributed by atoms with Crippen LogP contribution in [-0.2, 0) is 11.5 Å². The smallest absolute Gasteiger partial charge is 0.123 e. The normalized spacial score (nSPS) is 12.2. The van der Waals surface area contributed by atoms with Crippen LogP contribution in [0.2, 0.25) is 25.7 Å². The number of ether oxygens (including phenoxy) is 1. The molecular weight excluding hydrogens is 452 g/mol. The zero-order chi connectivity index (χ0) is 17.3. The largest absolute Gasteiger partial charge is 0.361 e. The average molecular weight is 472 g/mol. The number of hydrogen-bond acceptors (Lipinski definition) is 3. The number of imidazole rings is 1. The second kappa shape index (κ2) is 7.11. The molecule has 24 heavy (non-hydrogen) atoms. The first-order chi connectivity index (χ1) is 11.4. The minimum atomic E-state index is -1.09. The maximum Gasteiger partial charge on any atom is 0.123 e. The summed E-state index contributed by atoms with van der Waals surface area (Å²) in [5.41, 5.74) is 3.64. The van der Waals surface area contributed by atoms with Gasteiger partial charge in [-0.3, -0.25) is 4.98 Å². The van der Waals surface area contributed by atoms with E-state index in [0.29, 0.717) is 6.73 Å². The summed E-state index contributed by atoms with van der Waals surface area (Å²) < 4.78 is 9.93. The van der Waals surface area contributed by atoms with Crippen molar-refractivity contribution in [2.24, 2.45) is 0 Å². The van der Waals surface area contributed by atoms with Gasteiger partial charge in [0.25, 0.3) is 0 Å². The van der Waals surface area contributed by atoms with Gasteiger partial charge in [0.15, 0.2) is 0 Å². The van der Waals surface area contributed by atoms with E-state index in [2.05, 4.69) is 71.0 Å². The lowest BCUT2D eigenvalue weighted by atomic mass is 10.2. The molecule has 0 radical (unpaired) electrons. The monoisotopic (exact) mass is 470 g/mol. The Morgan fingerprint density at radius 1 is 1.25 bits per heavy atom. The highest BCUT2D eigenvalue weighted by Crippen LogP contribution is 2.34. The standard InChI is InChI=1S/C16H20Br2N4OSi/c1-24(2,3)7-6-23-10-22-13(8-11(17)16(22)18)15-14-12(4-5-19-15)20-9-21-14/h4-5,8-9H,6-7,10H2,1-3H3,(H,20,21). The molecule has 0 aliphatic carbocycles. The van der Waals surface area contributed by atoms with Gasteiger partial charge in [-0.15, -0.1) is 0 Å². The van der Waals surface area contributed by atoms with E-state index in [1.54, 1.807) is 12.5 Å². The Morgan fingerprint density at radius 3 is 2.79 bits per heavy atom. The van der Waals surface area contributed by atoms with Gasteiger partial charge in [-0.05, 0) is 50.0 Å². The quantitative estimate of drug-likeness (QED) is 0.393. The Kier molecular flexibility index (Phi) is 5.29. The summed E-state index contributed by atoms with van der Waals surface area (Å²) in [5, 5.41) is 0. The Hall–Kier alpha value is -0.963. The van der Waals surface area contributed by atoms with Gasteiger partial charge in [0, 0.05) is 20.9 Å². The van der Waals surface area contributed by atoms with E-state index < -0.39 is 8.07 Å². The van der Waals surface area contributed by atoms with Crippen LogP contribution in [0.5, 0.6) is 0 Å². The van der Waals surface area contributed by atoms with Crippen molar-refractivity contribution >= 4 is 51.0 Å². The molecule has 8 heteroatoms. The molecule has 0 fully saturated rings. The van der Waals surface area contributed by atoms with Crippen molar-refractivity contribution < 1.29 is 4.74 Å². The number of fused-ring (bicyclic) bond motifs is 1. The minimum absolute atomic E-state index is 0.481. The van der Waals surface area contributed by atoms with Crippen molar-refractivity contribution in [1.82, 2.24) is 19.5 Å². The van der Waals surface area contributed by atoms with Crippen molar-refractivity contribution in [3.63, 3.8) is 0 Å². The van der Waals surface area contributed by atoms with Crippen LogP contribution in [0.3, 0.4) is 0 Å². The van der Waals surface area contributed by atoms with Crippen molar-refractivity contribution in [2.45, 2.75) is 32.4 Å². The number of nitrogens with zero attached hydrogens (tertiary/aromatic N) is 3. The summed E-state index contributed by atoms with van der Waals surface area (Å²) in [4.78, 5) is 12.1. The van der Waals surface area contributed by atoms with Gasteiger partial charge in [0.05, 0.1) is 22.0 Å².